The molecule has 128 valence electrons. The van der Waals surface area contributed by atoms with Crippen LogP contribution in [0.4, 0.5) is 5.69 Å². The number of aromatic carboxylic acids is 1. The second kappa shape index (κ2) is 6.18. The van der Waals surface area contributed by atoms with Crippen LogP contribution in [0.3, 0.4) is 0 Å². The number of hydrogen-bond acceptors (Lipinski definition) is 5. The van der Waals surface area contributed by atoms with Crippen molar-refractivity contribution in [3.05, 3.63) is 42.2 Å². The molecule has 1 saturated heterocycles. The van der Waals surface area contributed by atoms with E-state index in [1.165, 1.54) is 11.9 Å². The van der Waals surface area contributed by atoms with Crippen LogP contribution in [0.25, 0.3) is 22.4 Å². The van der Waals surface area contributed by atoms with Gasteiger partial charge in [0.15, 0.2) is 5.65 Å². The van der Waals surface area contributed by atoms with E-state index in [0.717, 1.165) is 31.7 Å². The number of carbonyl (C=O) groups is 1. The topological polar surface area (TPSA) is 85.3 Å². The number of H-pyrrole nitrogens is 1. The molecule has 1 aromatic carbocycles. The first kappa shape index (κ1) is 15.6. The maximum Gasteiger partial charge on any atom is 0.339 e. The monoisotopic (exact) mass is 337 g/mol. The Hall–Kier alpha value is -2.93. The first-order valence-corrected chi connectivity index (χ1v) is 8.23. The van der Waals surface area contributed by atoms with Crippen molar-refractivity contribution in [1.82, 2.24) is 19.9 Å². The molecule has 1 aliphatic heterocycles. The summed E-state index contributed by atoms with van der Waals surface area (Å²) in [6, 6.07) is 8.19. The van der Waals surface area contributed by atoms with Crippen LogP contribution in [0, 0.1) is 0 Å². The molecule has 0 aliphatic carbocycles. The number of carboxylic acid groups (broad SMARTS) is 1. The number of carboxylic acids is 1. The van der Waals surface area contributed by atoms with Gasteiger partial charge in [0.2, 0.25) is 0 Å². The molecule has 1 aliphatic rings. The van der Waals surface area contributed by atoms with Crippen molar-refractivity contribution in [3.63, 3.8) is 0 Å². The fourth-order valence-electron chi connectivity index (χ4n) is 3.10. The summed E-state index contributed by atoms with van der Waals surface area (Å²) in [6.07, 6.45) is 3.09. The first-order chi connectivity index (χ1) is 12.1. The SMILES string of the molecule is CN1CCN(c2ccc(-c3cnc4[nH]cc(C(=O)O)c4n3)cc2)CC1. The molecule has 0 saturated carbocycles. The predicted molar refractivity (Wildman–Crippen MR) is 96.0 cm³/mol. The van der Waals surface area contributed by atoms with Gasteiger partial charge < -0.3 is 19.9 Å². The van der Waals surface area contributed by atoms with E-state index in [-0.39, 0.29) is 5.56 Å². The van der Waals surface area contributed by atoms with Crippen molar-refractivity contribution in [2.45, 2.75) is 0 Å². The van der Waals surface area contributed by atoms with E-state index in [2.05, 4.69) is 43.9 Å². The van der Waals surface area contributed by atoms with E-state index >= 15 is 0 Å². The molecule has 25 heavy (non-hydrogen) atoms. The summed E-state index contributed by atoms with van der Waals surface area (Å²) in [5, 5.41) is 9.24. The van der Waals surface area contributed by atoms with Crippen molar-refractivity contribution >= 4 is 22.8 Å². The zero-order chi connectivity index (χ0) is 17.4. The first-order valence-electron chi connectivity index (χ1n) is 8.23. The normalized spacial score (nSPS) is 15.6. The second-order valence-corrected chi connectivity index (χ2v) is 6.30. The molecule has 7 heteroatoms. The fourth-order valence-corrected chi connectivity index (χ4v) is 3.10. The minimum absolute atomic E-state index is 0.137. The van der Waals surface area contributed by atoms with Gasteiger partial charge in [-0.3, -0.25) is 0 Å². The summed E-state index contributed by atoms with van der Waals surface area (Å²) >= 11 is 0. The Bertz CT molecular complexity index is 911. The third-order valence-electron chi connectivity index (χ3n) is 4.64. The van der Waals surface area contributed by atoms with Gasteiger partial charge in [-0.25, -0.2) is 14.8 Å². The van der Waals surface area contributed by atoms with Gasteiger partial charge in [0.1, 0.15) is 11.1 Å². The Labute approximate surface area is 144 Å². The minimum atomic E-state index is -1.01. The average Bonchev–Trinajstić information content (AvgIpc) is 3.06. The van der Waals surface area contributed by atoms with Gasteiger partial charge in [0.25, 0.3) is 0 Å². The molecule has 0 radical (unpaired) electrons. The lowest BCUT2D eigenvalue weighted by Crippen LogP contribution is -2.44. The molecular formula is C18H19N5O2. The Morgan fingerprint density at radius 2 is 1.88 bits per heavy atom. The van der Waals surface area contributed by atoms with Crippen LogP contribution in [0.2, 0.25) is 0 Å². The highest BCUT2D eigenvalue weighted by Gasteiger charge is 2.16. The average molecular weight is 337 g/mol. The number of anilines is 1. The highest BCUT2D eigenvalue weighted by atomic mass is 16.4. The Morgan fingerprint density at radius 1 is 1.16 bits per heavy atom. The van der Waals surface area contributed by atoms with Crippen LogP contribution in [-0.2, 0) is 0 Å². The van der Waals surface area contributed by atoms with Gasteiger partial charge >= 0.3 is 5.97 Å². The summed E-state index contributed by atoms with van der Waals surface area (Å²) in [5.41, 5.74) is 3.78. The molecule has 7 nitrogen and oxygen atoms in total. The third kappa shape index (κ3) is 2.94. The lowest BCUT2D eigenvalue weighted by Gasteiger charge is -2.34. The van der Waals surface area contributed by atoms with Gasteiger partial charge in [-0.05, 0) is 19.2 Å². The van der Waals surface area contributed by atoms with Crippen LogP contribution in [-0.4, -0.2) is 64.2 Å². The largest absolute Gasteiger partial charge is 0.478 e. The molecule has 0 spiro atoms. The summed E-state index contributed by atoms with van der Waals surface area (Å²) in [4.78, 5) is 27.6. The Morgan fingerprint density at radius 3 is 2.56 bits per heavy atom. The number of aromatic amines is 1. The van der Waals surface area contributed by atoms with Crippen LogP contribution in [0.1, 0.15) is 10.4 Å². The molecule has 3 heterocycles. The van der Waals surface area contributed by atoms with Crippen molar-refractivity contribution in [1.29, 1.82) is 0 Å². The number of likely N-dealkylation sites (N-methyl/N-ethyl adjacent to an activating group) is 1. The maximum atomic E-state index is 11.3. The van der Waals surface area contributed by atoms with Crippen molar-refractivity contribution in [2.75, 3.05) is 38.1 Å². The van der Waals surface area contributed by atoms with Gasteiger partial charge in [-0.15, -0.1) is 0 Å². The van der Waals surface area contributed by atoms with Gasteiger partial charge in [0.05, 0.1) is 11.9 Å². The predicted octanol–water partition coefficient (Wildman–Crippen LogP) is 2.07. The smallest absolute Gasteiger partial charge is 0.339 e. The zero-order valence-electron chi connectivity index (χ0n) is 13.9. The number of fused-ring (bicyclic) bond motifs is 1. The number of nitrogens with one attached hydrogen (secondary N) is 1. The lowest BCUT2D eigenvalue weighted by atomic mass is 10.1. The number of hydrogen-bond donors (Lipinski definition) is 2. The number of aromatic nitrogens is 3. The van der Waals surface area contributed by atoms with Crippen molar-refractivity contribution in [2.24, 2.45) is 0 Å². The molecule has 0 amide bonds. The molecule has 0 atom stereocenters. The standard InChI is InChI=1S/C18H19N5O2/c1-22-6-8-23(9-7-22)13-4-2-12(3-5-13)15-11-20-17-16(21-15)14(10-19-17)18(24)25/h2-5,10-11H,6-9H2,1H3,(H,19,20)(H,24,25). The van der Waals surface area contributed by atoms with E-state index in [1.807, 2.05) is 12.1 Å². The zero-order valence-corrected chi connectivity index (χ0v) is 13.9. The van der Waals surface area contributed by atoms with E-state index in [1.54, 1.807) is 6.20 Å². The van der Waals surface area contributed by atoms with E-state index in [0.29, 0.717) is 16.9 Å². The van der Waals surface area contributed by atoms with Gasteiger partial charge in [-0.1, -0.05) is 12.1 Å². The molecule has 2 N–H and O–H groups in total. The second-order valence-electron chi connectivity index (χ2n) is 6.30. The summed E-state index contributed by atoms with van der Waals surface area (Å²) in [6.45, 7) is 4.17. The maximum absolute atomic E-state index is 11.3. The molecular weight excluding hydrogens is 318 g/mol. The number of benzene rings is 1. The van der Waals surface area contributed by atoms with Gasteiger partial charge in [0, 0.05) is 43.6 Å². The minimum Gasteiger partial charge on any atom is -0.478 e. The lowest BCUT2D eigenvalue weighted by molar-refractivity contribution is 0.0699. The van der Waals surface area contributed by atoms with E-state index in [4.69, 9.17) is 0 Å². The van der Waals surface area contributed by atoms with E-state index in [9.17, 15) is 9.90 Å². The molecule has 1 fully saturated rings. The summed E-state index contributed by atoms with van der Waals surface area (Å²) in [7, 11) is 2.14. The van der Waals surface area contributed by atoms with Crippen LogP contribution in [0.5, 0.6) is 0 Å². The third-order valence-corrected chi connectivity index (χ3v) is 4.64. The molecule has 0 unspecified atom stereocenters. The molecule has 4 rings (SSSR count). The van der Waals surface area contributed by atoms with Crippen LogP contribution < -0.4 is 4.90 Å². The number of piperazine rings is 1. The van der Waals surface area contributed by atoms with Crippen LogP contribution >= 0.6 is 0 Å². The molecule has 2 aromatic heterocycles. The Kier molecular flexibility index (Phi) is 3.85. The van der Waals surface area contributed by atoms with Crippen molar-refractivity contribution in [3.8, 4) is 11.3 Å². The van der Waals surface area contributed by atoms with Gasteiger partial charge in [-0.2, -0.15) is 0 Å². The molecule has 0 bridgehead atoms. The van der Waals surface area contributed by atoms with E-state index < -0.39 is 5.97 Å². The van der Waals surface area contributed by atoms with Crippen LogP contribution in [0.15, 0.2) is 36.7 Å². The highest BCUT2D eigenvalue weighted by Crippen LogP contribution is 2.24. The molecule has 3 aromatic rings. The highest BCUT2D eigenvalue weighted by molar-refractivity contribution is 6.00. The number of nitrogens with zero attached hydrogens (tertiary/aromatic N) is 4. The fraction of sp³-hybridized carbons (Fsp3) is 0.278. The number of rotatable bonds is 3. The van der Waals surface area contributed by atoms with Crippen molar-refractivity contribution < 1.29 is 9.90 Å². The summed E-state index contributed by atoms with van der Waals surface area (Å²) < 4.78 is 0. The summed E-state index contributed by atoms with van der Waals surface area (Å²) in [5.74, 6) is -1.01. The Balaban J connectivity index is 1.62. The quantitative estimate of drug-likeness (QED) is 0.761.